The predicted octanol–water partition coefficient (Wildman–Crippen LogP) is 3.42. The molecule has 0 radical (unpaired) electrons. The molecule has 0 aliphatic heterocycles. The highest BCUT2D eigenvalue weighted by atomic mass is 16.6. The number of nitro benzene ring substituents is 1. The first-order valence-electron chi connectivity index (χ1n) is 7.50. The summed E-state index contributed by atoms with van der Waals surface area (Å²) in [4.78, 5) is 33.9. The third-order valence-corrected chi connectivity index (χ3v) is 3.15. The third-order valence-electron chi connectivity index (χ3n) is 3.15. The smallest absolute Gasteiger partial charge is 0.338 e. The summed E-state index contributed by atoms with van der Waals surface area (Å²) in [5.74, 6) is -0.891. The highest BCUT2D eigenvalue weighted by Gasteiger charge is 2.08. The van der Waals surface area contributed by atoms with E-state index in [2.05, 4.69) is 5.32 Å². The number of rotatable bonds is 6. The van der Waals surface area contributed by atoms with Gasteiger partial charge in [0.15, 0.2) is 0 Å². The average molecular weight is 340 g/mol. The summed E-state index contributed by atoms with van der Waals surface area (Å²) in [7, 11) is 0. The predicted molar refractivity (Wildman–Crippen MR) is 93.2 cm³/mol. The Bertz CT molecular complexity index is 830. The second kappa shape index (κ2) is 8.39. The molecule has 7 nitrogen and oxygen atoms in total. The summed E-state index contributed by atoms with van der Waals surface area (Å²) in [6, 6.07) is 12.3. The quantitative estimate of drug-likeness (QED) is 0.376. The lowest BCUT2D eigenvalue weighted by atomic mass is 10.2. The normalized spacial score (nSPS) is 10.4. The molecule has 0 bridgehead atoms. The Balaban J connectivity index is 2.05. The van der Waals surface area contributed by atoms with Crippen molar-refractivity contribution in [3.63, 3.8) is 0 Å². The van der Waals surface area contributed by atoms with Crippen molar-refractivity contribution < 1.29 is 19.2 Å². The minimum atomic E-state index is -0.502. The van der Waals surface area contributed by atoms with Gasteiger partial charge in [0.2, 0.25) is 5.91 Å². The van der Waals surface area contributed by atoms with E-state index in [0.717, 1.165) is 0 Å². The van der Waals surface area contributed by atoms with E-state index in [-0.39, 0.29) is 12.3 Å². The molecule has 0 fully saturated rings. The first-order chi connectivity index (χ1) is 12.0. The molecule has 25 heavy (non-hydrogen) atoms. The standard InChI is InChI=1S/C18H16N2O5/c1-2-25-18(22)14-6-4-7-15(12-14)19-17(21)10-9-13-5-3-8-16(11-13)20(23)24/h3-12H,2H2,1H3,(H,19,21). The van der Waals surface area contributed by atoms with Crippen molar-refractivity contribution in [1.82, 2.24) is 0 Å². The SMILES string of the molecule is CCOC(=O)c1cccc(NC(=O)C=Cc2cccc([N+](=O)[O-])c2)c1. The van der Waals surface area contributed by atoms with Crippen LogP contribution < -0.4 is 5.32 Å². The van der Waals surface area contributed by atoms with Gasteiger partial charge in [-0.1, -0.05) is 18.2 Å². The third kappa shape index (κ3) is 5.28. The number of nitrogens with zero attached hydrogens (tertiary/aromatic N) is 1. The zero-order valence-electron chi connectivity index (χ0n) is 13.5. The Hall–Kier alpha value is -3.48. The maximum absolute atomic E-state index is 12.0. The van der Waals surface area contributed by atoms with E-state index in [1.165, 1.54) is 30.4 Å². The zero-order chi connectivity index (χ0) is 18.2. The topological polar surface area (TPSA) is 98.5 Å². The van der Waals surface area contributed by atoms with E-state index in [1.807, 2.05) is 0 Å². The molecule has 128 valence electrons. The molecule has 2 aromatic rings. The van der Waals surface area contributed by atoms with Gasteiger partial charge in [0, 0.05) is 23.9 Å². The first-order valence-corrected chi connectivity index (χ1v) is 7.50. The zero-order valence-corrected chi connectivity index (χ0v) is 13.5. The van der Waals surface area contributed by atoms with Crippen LogP contribution in [-0.2, 0) is 9.53 Å². The molecule has 0 spiro atoms. The van der Waals surface area contributed by atoms with Crippen molar-refractivity contribution in [3.05, 3.63) is 75.8 Å². The number of anilines is 1. The van der Waals surface area contributed by atoms with Gasteiger partial charge in [-0.15, -0.1) is 0 Å². The summed E-state index contributed by atoms with van der Waals surface area (Å²) in [6.45, 7) is 1.98. The van der Waals surface area contributed by atoms with Crippen LogP contribution in [0, 0.1) is 10.1 Å². The Kier molecular flexibility index (Phi) is 6.00. The molecule has 0 unspecified atom stereocenters. The lowest BCUT2D eigenvalue weighted by molar-refractivity contribution is -0.384. The average Bonchev–Trinajstić information content (AvgIpc) is 2.60. The number of nitrogens with one attached hydrogen (secondary N) is 1. The summed E-state index contributed by atoms with van der Waals surface area (Å²) in [6.07, 6.45) is 2.73. The molecular weight excluding hydrogens is 324 g/mol. The lowest BCUT2D eigenvalue weighted by Crippen LogP contribution is -2.09. The number of carbonyl (C=O) groups is 2. The van der Waals surface area contributed by atoms with E-state index in [9.17, 15) is 19.7 Å². The van der Waals surface area contributed by atoms with Crippen LogP contribution in [0.2, 0.25) is 0 Å². The maximum atomic E-state index is 12.0. The fourth-order valence-electron chi connectivity index (χ4n) is 2.04. The monoisotopic (exact) mass is 340 g/mol. The number of non-ortho nitro benzene ring substituents is 1. The molecule has 0 aromatic heterocycles. The molecule has 0 aliphatic rings. The number of ether oxygens (including phenoxy) is 1. The van der Waals surface area contributed by atoms with Crippen LogP contribution in [0.4, 0.5) is 11.4 Å². The molecule has 0 saturated heterocycles. The number of esters is 1. The van der Waals surface area contributed by atoms with Crippen molar-refractivity contribution in [2.45, 2.75) is 6.92 Å². The van der Waals surface area contributed by atoms with Gasteiger partial charge < -0.3 is 10.1 Å². The minimum Gasteiger partial charge on any atom is -0.462 e. The van der Waals surface area contributed by atoms with Crippen molar-refractivity contribution in [3.8, 4) is 0 Å². The van der Waals surface area contributed by atoms with E-state index in [4.69, 9.17) is 4.74 Å². The number of amides is 1. The molecule has 0 atom stereocenters. The number of carbonyl (C=O) groups excluding carboxylic acids is 2. The second-order valence-electron chi connectivity index (χ2n) is 4.98. The minimum absolute atomic E-state index is 0.0512. The summed E-state index contributed by atoms with van der Waals surface area (Å²) in [5.41, 5.74) is 1.26. The summed E-state index contributed by atoms with van der Waals surface area (Å²) >= 11 is 0. The van der Waals surface area contributed by atoms with Gasteiger partial charge in [0.25, 0.3) is 5.69 Å². The van der Waals surface area contributed by atoms with Gasteiger partial charge in [-0.3, -0.25) is 14.9 Å². The summed E-state index contributed by atoms with van der Waals surface area (Å²) in [5, 5.41) is 13.3. The molecule has 0 heterocycles. The van der Waals surface area contributed by atoms with Crippen LogP contribution in [-0.4, -0.2) is 23.4 Å². The van der Waals surface area contributed by atoms with Crippen LogP contribution in [0.1, 0.15) is 22.8 Å². The van der Waals surface area contributed by atoms with Crippen molar-refractivity contribution in [2.24, 2.45) is 0 Å². The number of benzene rings is 2. The van der Waals surface area contributed by atoms with Gasteiger partial charge >= 0.3 is 5.97 Å². The fraction of sp³-hybridized carbons (Fsp3) is 0.111. The molecule has 0 aliphatic carbocycles. The number of nitro groups is 1. The number of hydrogen-bond acceptors (Lipinski definition) is 5. The van der Waals surface area contributed by atoms with Crippen LogP contribution in [0.3, 0.4) is 0 Å². The molecule has 0 saturated carbocycles. The maximum Gasteiger partial charge on any atom is 0.338 e. The Morgan fingerprint density at radius 1 is 1.20 bits per heavy atom. The van der Waals surface area contributed by atoms with Crippen molar-refractivity contribution in [2.75, 3.05) is 11.9 Å². The van der Waals surface area contributed by atoms with Crippen LogP contribution in [0.25, 0.3) is 6.08 Å². The van der Waals surface area contributed by atoms with Gasteiger partial charge in [0.1, 0.15) is 0 Å². The second-order valence-corrected chi connectivity index (χ2v) is 4.98. The molecule has 2 aromatic carbocycles. The largest absolute Gasteiger partial charge is 0.462 e. The van der Waals surface area contributed by atoms with Gasteiger partial charge in [-0.2, -0.15) is 0 Å². The van der Waals surface area contributed by atoms with Gasteiger partial charge in [-0.05, 0) is 36.8 Å². The van der Waals surface area contributed by atoms with Crippen molar-refractivity contribution in [1.29, 1.82) is 0 Å². The lowest BCUT2D eigenvalue weighted by Gasteiger charge is -2.05. The van der Waals surface area contributed by atoms with Crippen LogP contribution in [0.15, 0.2) is 54.6 Å². The van der Waals surface area contributed by atoms with Gasteiger partial charge in [0.05, 0.1) is 17.1 Å². The molecule has 2 rings (SSSR count). The summed E-state index contributed by atoms with van der Waals surface area (Å²) < 4.78 is 4.90. The van der Waals surface area contributed by atoms with Gasteiger partial charge in [-0.25, -0.2) is 4.79 Å². The molecule has 1 N–H and O–H groups in total. The molecular formula is C18H16N2O5. The van der Waals surface area contributed by atoms with E-state index < -0.39 is 16.8 Å². The first kappa shape index (κ1) is 17.9. The number of hydrogen-bond donors (Lipinski definition) is 1. The Labute approximate surface area is 144 Å². The van der Waals surface area contributed by atoms with Crippen molar-refractivity contribution >= 4 is 29.3 Å². The Morgan fingerprint density at radius 3 is 2.68 bits per heavy atom. The fourth-order valence-corrected chi connectivity index (χ4v) is 2.04. The highest BCUT2D eigenvalue weighted by Crippen LogP contribution is 2.15. The van der Waals surface area contributed by atoms with E-state index in [0.29, 0.717) is 16.8 Å². The van der Waals surface area contributed by atoms with Crippen LogP contribution in [0.5, 0.6) is 0 Å². The highest BCUT2D eigenvalue weighted by molar-refractivity contribution is 6.02. The van der Waals surface area contributed by atoms with E-state index >= 15 is 0 Å². The van der Waals surface area contributed by atoms with Crippen LogP contribution >= 0.6 is 0 Å². The molecule has 1 amide bonds. The molecule has 7 heteroatoms. The van der Waals surface area contributed by atoms with E-state index in [1.54, 1.807) is 37.3 Å². The Morgan fingerprint density at radius 2 is 1.96 bits per heavy atom.